The van der Waals surface area contributed by atoms with E-state index in [1.165, 1.54) is 16.7 Å². The maximum absolute atomic E-state index is 9.60. The van der Waals surface area contributed by atoms with Crippen molar-refractivity contribution in [3.63, 3.8) is 0 Å². The second-order valence-electron chi connectivity index (χ2n) is 4.33. The third-order valence-electron chi connectivity index (χ3n) is 3.00. The molecule has 2 aromatic carbocycles. The van der Waals surface area contributed by atoms with Crippen LogP contribution in [-0.4, -0.2) is 11.2 Å². The Morgan fingerprint density at radius 3 is 2.06 bits per heavy atom. The van der Waals surface area contributed by atoms with E-state index < -0.39 is 0 Å². The van der Waals surface area contributed by atoms with Gasteiger partial charge in [0.15, 0.2) is 0 Å². The molecule has 88 valence electrons. The van der Waals surface area contributed by atoms with Gasteiger partial charge in [0.05, 0.1) is 6.10 Å². The summed E-state index contributed by atoms with van der Waals surface area (Å²) in [4.78, 5) is 0. The highest BCUT2D eigenvalue weighted by atomic mass is 16.3. The Labute approximate surface area is 103 Å². The lowest BCUT2D eigenvalue weighted by Crippen LogP contribution is -2.07. The van der Waals surface area contributed by atoms with Crippen LogP contribution in [0.1, 0.15) is 18.9 Å². The average Bonchev–Trinajstić information content (AvgIpc) is 2.40. The summed E-state index contributed by atoms with van der Waals surface area (Å²) in [5.41, 5.74) is 3.65. The predicted molar refractivity (Wildman–Crippen MR) is 71.9 cm³/mol. The van der Waals surface area contributed by atoms with Crippen LogP contribution >= 0.6 is 0 Å². The smallest absolute Gasteiger partial charge is 0.0577 e. The number of hydrogen-bond acceptors (Lipinski definition) is 1. The fourth-order valence-corrected chi connectivity index (χ4v) is 1.88. The van der Waals surface area contributed by atoms with E-state index in [-0.39, 0.29) is 6.10 Å². The summed E-state index contributed by atoms with van der Waals surface area (Å²) in [6, 6.07) is 18.8. The highest BCUT2D eigenvalue weighted by molar-refractivity contribution is 5.63. The van der Waals surface area contributed by atoms with E-state index in [1.807, 2.05) is 25.1 Å². The molecule has 0 aliphatic rings. The van der Waals surface area contributed by atoms with Gasteiger partial charge in [-0.1, -0.05) is 61.5 Å². The second kappa shape index (κ2) is 5.65. The zero-order chi connectivity index (χ0) is 12.1. The summed E-state index contributed by atoms with van der Waals surface area (Å²) in [5.74, 6) is 0. The lowest BCUT2D eigenvalue weighted by Gasteiger charge is -2.08. The van der Waals surface area contributed by atoms with Crippen LogP contribution in [-0.2, 0) is 6.42 Å². The summed E-state index contributed by atoms with van der Waals surface area (Å²) in [5, 5.41) is 9.60. The third kappa shape index (κ3) is 3.18. The minimum Gasteiger partial charge on any atom is -0.393 e. The zero-order valence-electron chi connectivity index (χ0n) is 10.1. The largest absolute Gasteiger partial charge is 0.393 e. The first-order valence-electron chi connectivity index (χ1n) is 6.12. The Bertz CT molecular complexity index is 445. The van der Waals surface area contributed by atoms with E-state index in [4.69, 9.17) is 0 Å². The summed E-state index contributed by atoms with van der Waals surface area (Å²) >= 11 is 0. The van der Waals surface area contributed by atoms with Gasteiger partial charge in [0, 0.05) is 0 Å². The van der Waals surface area contributed by atoms with Crippen LogP contribution in [0.2, 0.25) is 0 Å². The molecule has 0 aromatic heterocycles. The van der Waals surface area contributed by atoms with Gasteiger partial charge in [-0.05, 0) is 29.5 Å². The van der Waals surface area contributed by atoms with Crippen LogP contribution in [0.15, 0.2) is 54.6 Å². The third-order valence-corrected chi connectivity index (χ3v) is 3.00. The van der Waals surface area contributed by atoms with E-state index in [9.17, 15) is 5.11 Å². The molecule has 0 aliphatic carbocycles. The van der Waals surface area contributed by atoms with Crippen molar-refractivity contribution in [3.8, 4) is 11.1 Å². The summed E-state index contributed by atoms with van der Waals surface area (Å²) in [6.45, 7) is 2.00. The van der Waals surface area contributed by atoms with Crippen LogP contribution in [0.5, 0.6) is 0 Å². The number of benzene rings is 2. The molecule has 0 bridgehead atoms. The summed E-state index contributed by atoms with van der Waals surface area (Å²) in [7, 11) is 0. The van der Waals surface area contributed by atoms with E-state index in [0.29, 0.717) is 0 Å². The number of hydrogen-bond donors (Lipinski definition) is 1. The molecule has 1 nitrogen and oxygen atoms in total. The molecular weight excluding hydrogens is 208 g/mol. The molecule has 0 fully saturated rings. The molecule has 0 spiro atoms. The van der Waals surface area contributed by atoms with Crippen molar-refractivity contribution in [2.24, 2.45) is 0 Å². The van der Waals surface area contributed by atoms with Gasteiger partial charge in [-0.3, -0.25) is 0 Å². The Morgan fingerprint density at radius 1 is 0.882 bits per heavy atom. The monoisotopic (exact) mass is 226 g/mol. The van der Waals surface area contributed by atoms with E-state index >= 15 is 0 Å². The summed E-state index contributed by atoms with van der Waals surface area (Å²) < 4.78 is 0. The minimum atomic E-state index is -0.224. The first-order chi connectivity index (χ1) is 8.29. The molecule has 1 heteroatoms. The maximum atomic E-state index is 9.60. The highest BCUT2D eigenvalue weighted by Gasteiger charge is 2.03. The van der Waals surface area contributed by atoms with Gasteiger partial charge in [-0.25, -0.2) is 0 Å². The molecule has 0 amide bonds. The Morgan fingerprint density at radius 2 is 1.47 bits per heavy atom. The Kier molecular flexibility index (Phi) is 3.94. The fraction of sp³-hybridized carbons (Fsp3) is 0.250. The maximum Gasteiger partial charge on any atom is 0.0577 e. The van der Waals surface area contributed by atoms with Crippen molar-refractivity contribution in [1.82, 2.24) is 0 Å². The Balaban J connectivity index is 2.13. The molecule has 2 aromatic rings. The molecular formula is C16H18O. The van der Waals surface area contributed by atoms with Gasteiger partial charge in [0.25, 0.3) is 0 Å². The van der Waals surface area contributed by atoms with Crippen molar-refractivity contribution >= 4 is 0 Å². The normalized spacial score (nSPS) is 12.4. The first kappa shape index (κ1) is 11.9. The predicted octanol–water partition coefficient (Wildman–Crippen LogP) is 3.67. The van der Waals surface area contributed by atoms with Crippen LogP contribution < -0.4 is 0 Å². The van der Waals surface area contributed by atoms with Crippen LogP contribution in [0.25, 0.3) is 11.1 Å². The van der Waals surface area contributed by atoms with Crippen LogP contribution in [0.3, 0.4) is 0 Å². The van der Waals surface area contributed by atoms with Crippen molar-refractivity contribution in [1.29, 1.82) is 0 Å². The second-order valence-corrected chi connectivity index (χ2v) is 4.33. The standard InChI is InChI=1S/C16H18O/c1-2-16(17)12-13-8-10-15(11-9-13)14-6-4-3-5-7-14/h3-11,16-17H,2,12H2,1H3. The minimum absolute atomic E-state index is 0.224. The molecule has 1 N–H and O–H groups in total. The SMILES string of the molecule is CCC(O)Cc1ccc(-c2ccccc2)cc1. The quantitative estimate of drug-likeness (QED) is 0.843. The highest BCUT2D eigenvalue weighted by Crippen LogP contribution is 2.19. The van der Waals surface area contributed by atoms with E-state index in [2.05, 4.69) is 36.4 Å². The van der Waals surface area contributed by atoms with Gasteiger partial charge >= 0.3 is 0 Å². The molecule has 1 atom stereocenters. The lowest BCUT2D eigenvalue weighted by molar-refractivity contribution is 0.171. The van der Waals surface area contributed by atoms with Crippen molar-refractivity contribution in [2.75, 3.05) is 0 Å². The molecule has 2 rings (SSSR count). The first-order valence-corrected chi connectivity index (χ1v) is 6.12. The van der Waals surface area contributed by atoms with E-state index in [0.717, 1.165) is 12.8 Å². The van der Waals surface area contributed by atoms with Crippen LogP contribution in [0.4, 0.5) is 0 Å². The van der Waals surface area contributed by atoms with Gasteiger partial charge < -0.3 is 5.11 Å². The molecule has 0 radical (unpaired) electrons. The van der Waals surface area contributed by atoms with Crippen molar-refractivity contribution in [3.05, 3.63) is 60.2 Å². The molecule has 0 heterocycles. The van der Waals surface area contributed by atoms with Crippen LogP contribution in [0, 0.1) is 0 Å². The lowest BCUT2D eigenvalue weighted by atomic mass is 10.0. The molecule has 0 aliphatic heterocycles. The van der Waals surface area contributed by atoms with Gasteiger partial charge in [0.1, 0.15) is 0 Å². The zero-order valence-corrected chi connectivity index (χ0v) is 10.1. The van der Waals surface area contributed by atoms with Gasteiger partial charge in [-0.15, -0.1) is 0 Å². The number of rotatable bonds is 4. The van der Waals surface area contributed by atoms with Crippen molar-refractivity contribution in [2.45, 2.75) is 25.9 Å². The topological polar surface area (TPSA) is 20.2 Å². The fourth-order valence-electron chi connectivity index (χ4n) is 1.88. The van der Waals surface area contributed by atoms with Crippen molar-refractivity contribution < 1.29 is 5.11 Å². The molecule has 0 saturated carbocycles. The average molecular weight is 226 g/mol. The van der Waals surface area contributed by atoms with Gasteiger partial charge in [0.2, 0.25) is 0 Å². The number of aliphatic hydroxyl groups excluding tert-OH is 1. The van der Waals surface area contributed by atoms with Gasteiger partial charge in [-0.2, -0.15) is 0 Å². The number of aliphatic hydroxyl groups is 1. The van der Waals surface area contributed by atoms with E-state index in [1.54, 1.807) is 0 Å². The Hall–Kier alpha value is -1.60. The molecule has 17 heavy (non-hydrogen) atoms. The molecule has 0 saturated heterocycles. The molecule has 1 unspecified atom stereocenters. The summed E-state index contributed by atoms with van der Waals surface area (Å²) in [6.07, 6.45) is 1.32.